The normalized spacial score (nSPS) is 11.9. The Labute approximate surface area is 98.1 Å². The topological polar surface area (TPSA) is 110 Å². The van der Waals surface area contributed by atoms with Crippen LogP contribution in [0.1, 0.15) is 38.6 Å². The molecule has 8 nitrogen and oxygen atoms in total. The summed E-state index contributed by atoms with van der Waals surface area (Å²) < 4.78 is 4.71. The summed E-state index contributed by atoms with van der Waals surface area (Å²) >= 11 is 0. The first-order chi connectivity index (χ1) is 8.13. The van der Waals surface area contributed by atoms with Crippen LogP contribution in [0.4, 0.5) is 0 Å². The molecule has 0 saturated carbocycles. The highest BCUT2D eigenvalue weighted by Gasteiger charge is 2.14. The van der Waals surface area contributed by atoms with E-state index in [0.29, 0.717) is 12.4 Å². The number of esters is 1. The number of H-pyrrole nitrogens is 1. The quantitative estimate of drug-likeness (QED) is 0.663. The van der Waals surface area contributed by atoms with Crippen molar-refractivity contribution in [3.8, 4) is 0 Å². The van der Waals surface area contributed by atoms with E-state index in [0.717, 1.165) is 0 Å². The van der Waals surface area contributed by atoms with Gasteiger partial charge in [-0.15, -0.1) is 10.2 Å². The Balaban J connectivity index is 2.28. The molecule has 1 atom stereocenters. The summed E-state index contributed by atoms with van der Waals surface area (Å²) in [6, 6.07) is -0.344. The second-order valence-electron chi connectivity index (χ2n) is 3.36. The number of tetrazole rings is 1. The molecular weight excluding hydrogens is 226 g/mol. The zero-order chi connectivity index (χ0) is 12.7. The zero-order valence-corrected chi connectivity index (χ0v) is 9.77. The summed E-state index contributed by atoms with van der Waals surface area (Å²) in [4.78, 5) is 22.5. The molecule has 1 aromatic heterocycles. The Hall–Kier alpha value is -1.99. The van der Waals surface area contributed by atoms with Gasteiger partial charge < -0.3 is 10.1 Å². The number of aromatic amines is 1. The summed E-state index contributed by atoms with van der Waals surface area (Å²) in [6.45, 7) is 3.77. The van der Waals surface area contributed by atoms with Gasteiger partial charge in [0.2, 0.25) is 5.91 Å². The van der Waals surface area contributed by atoms with E-state index in [2.05, 4.69) is 25.9 Å². The van der Waals surface area contributed by atoms with Gasteiger partial charge in [0.15, 0.2) is 5.82 Å². The van der Waals surface area contributed by atoms with E-state index in [-0.39, 0.29) is 30.8 Å². The molecule has 0 aromatic carbocycles. The molecular formula is C9H15N5O3. The lowest BCUT2D eigenvalue weighted by atomic mass is 10.2. The molecule has 2 N–H and O–H groups in total. The van der Waals surface area contributed by atoms with E-state index >= 15 is 0 Å². The molecule has 0 spiro atoms. The van der Waals surface area contributed by atoms with Gasteiger partial charge in [0, 0.05) is 6.42 Å². The zero-order valence-electron chi connectivity index (χ0n) is 9.77. The number of carbonyl (C=O) groups is 2. The van der Waals surface area contributed by atoms with Crippen molar-refractivity contribution < 1.29 is 14.3 Å². The molecule has 0 aliphatic heterocycles. The summed E-state index contributed by atoms with van der Waals surface area (Å²) in [5.41, 5.74) is 0. The van der Waals surface area contributed by atoms with Crippen molar-refractivity contribution in [2.75, 3.05) is 6.61 Å². The number of rotatable bonds is 6. The van der Waals surface area contributed by atoms with Crippen LogP contribution in [0.3, 0.4) is 0 Å². The van der Waals surface area contributed by atoms with E-state index in [1.807, 2.05) is 0 Å². The van der Waals surface area contributed by atoms with E-state index in [1.54, 1.807) is 13.8 Å². The van der Waals surface area contributed by atoms with Crippen LogP contribution in [0.2, 0.25) is 0 Å². The summed E-state index contributed by atoms with van der Waals surface area (Å²) in [7, 11) is 0. The first kappa shape index (κ1) is 13.1. The lowest BCUT2D eigenvalue weighted by molar-refractivity contribution is -0.144. The number of carbonyl (C=O) groups excluding carboxylic acids is 2. The van der Waals surface area contributed by atoms with Crippen LogP contribution >= 0.6 is 0 Å². The van der Waals surface area contributed by atoms with Crippen molar-refractivity contribution in [1.82, 2.24) is 25.9 Å². The van der Waals surface area contributed by atoms with Crippen molar-refractivity contribution in [2.24, 2.45) is 0 Å². The van der Waals surface area contributed by atoms with Crippen molar-refractivity contribution in [2.45, 2.75) is 32.7 Å². The highest BCUT2D eigenvalue weighted by Crippen LogP contribution is 2.04. The fourth-order valence-corrected chi connectivity index (χ4v) is 1.18. The maximum atomic E-state index is 11.5. The van der Waals surface area contributed by atoms with E-state index in [4.69, 9.17) is 4.74 Å². The first-order valence-electron chi connectivity index (χ1n) is 5.31. The summed E-state index contributed by atoms with van der Waals surface area (Å²) in [5.74, 6) is -0.236. The van der Waals surface area contributed by atoms with Crippen molar-refractivity contribution in [1.29, 1.82) is 0 Å². The molecule has 0 aliphatic carbocycles. The Morgan fingerprint density at radius 2 is 2.24 bits per heavy atom. The molecule has 17 heavy (non-hydrogen) atoms. The monoisotopic (exact) mass is 241 g/mol. The molecule has 8 heteroatoms. The van der Waals surface area contributed by atoms with Gasteiger partial charge in [0.25, 0.3) is 0 Å². The second-order valence-corrected chi connectivity index (χ2v) is 3.36. The van der Waals surface area contributed by atoms with Gasteiger partial charge in [-0.3, -0.25) is 9.59 Å². The number of amides is 1. The molecule has 1 aromatic rings. The maximum absolute atomic E-state index is 11.5. The van der Waals surface area contributed by atoms with Gasteiger partial charge in [0.1, 0.15) is 0 Å². The Kier molecular flexibility index (Phi) is 5.05. The minimum atomic E-state index is -0.380. The number of hydrogen-bond donors (Lipinski definition) is 2. The molecule has 0 aliphatic rings. The number of aromatic nitrogens is 4. The van der Waals surface area contributed by atoms with Gasteiger partial charge >= 0.3 is 5.97 Å². The molecule has 1 rings (SSSR count). The smallest absolute Gasteiger partial charge is 0.306 e. The number of hydrogen-bond acceptors (Lipinski definition) is 6. The highest BCUT2D eigenvalue weighted by atomic mass is 16.5. The molecule has 0 radical (unpaired) electrons. The Morgan fingerprint density at radius 1 is 1.47 bits per heavy atom. The van der Waals surface area contributed by atoms with Crippen LogP contribution in [0, 0.1) is 0 Å². The molecule has 0 fully saturated rings. The van der Waals surface area contributed by atoms with Crippen molar-refractivity contribution in [3.63, 3.8) is 0 Å². The number of nitrogens with one attached hydrogen (secondary N) is 2. The van der Waals surface area contributed by atoms with Crippen molar-refractivity contribution >= 4 is 11.9 Å². The molecule has 0 saturated heterocycles. The van der Waals surface area contributed by atoms with Crippen LogP contribution < -0.4 is 5.32 Å². The van der Waals surface area contributed by atoms with Gasteiger partial charge in [-0.2, -0.15) is 5.21 Å². The average Bonchev–Trinajstić information content (AvgIpc) is 2.80. The van der Waals surface area contributed by atoms with Crippen LogP contribution in [-0.2, 0) is 14.3 Å². The van der Waals surface area contributed by atoms with Gasteiger partial charge in [0.05, 0.1) is 19.1 Å². The third-order valence-electron chi connectivity index (χ3n) is 1.99. The Morgan fingerprint density at radius 3 is 2.82 bits per heavy atom. The fraction of sp³-hybridized carbons (Fsp3) is 0.667. The highest BCUT2D eigenvalue weighted by molar-refractivity contribution is 5.81. The molecule has 0 bridgehead atoms. The first-order valence-corrected chi connectivity index (χ1v) is 5.31. The predicted octanol–water partition coefficient (Wildman–Crippen LogP) is -0.280. The van der Waals surface area contributed by atoms with Gasteiger partial charge in [-0.05, 0) is 13.8 Å². The van der Waals surface area contributed by atoms with E-state index < -0.39 is 0 Å². The summed E-state index contributed by atoms with van der Waals surface area (Å²) in [5, 5.41) is 15.8. The van der Waals surface area contributed by atoms with Gasteiger partial charge in [-0.25, -0.2) is 0 Å². The van der Waals surface area contributed by atoms with Gasteiger partial charge in [-0.1, -0.05) is 5.21 Å². The lowest BCUT2D eigenvalue weighted by Crippen LogP contribution is -2.27. The lowest BCUT2D eigenvalue weighted by Gasteiger charge is -2.09. The van der Waals surface area contributed by atoms with Crippen LogP contribution in [0.15, 0.2) is 0 Å². The Bertz CT molecular complexity index is 365. The van der Waals surface area contributed by atoms with Crippen molar-refractivity contribution in [3.05, 3.63) is 5.82 Å². The molecule has 94 valence electrons. The average molecular weight is 241 g/mol. The van der Waals surface area contributed by atoms with E-state index in [9.17, 15) is 9.59 Å². The van der Waals surface area contributed by atoms with Crippen LogP contribution in [0.25, 0.3) is 0 Å². The second kappa shape index (κ2) is 6.56. The SMILES string of the molecule is CCOC(=O)CCC(=O)NC(C)c1nn[nH]n1. The van der Waals surface area contributed by atoms with E-state index in [1.165, 1.54) is 0 Å². The third kappa shape index (κ3) is 4.58. The largest absolute Gasteiger partial charge is 0.466 e. The maximum Gasteiger partial charge on any atom is 0.306 e. The number of ether oxygens (including phenoxy) is 1. The third-order valence-corrected chi connectivity index (χ3v) is 1.99. The van der Waals surface area contributed by atoms with Crippen LogP contribution in [-0.4, -0.2) is 39.1 Å². The fourth-order valence-electron chi connectivity index (χ4n) is 1.18. The number of nitrogens with zero attached hydrogens (tertiary/aromatic N) is 3. The minimum Gasteiger partial charge on any atom is -0.466 e. The molecule has 1 unspecified atom stereocenters. The molecule has 1 amide bonds. The summed E-state index contributed by atoms with van der Waals surface area (Å²) in [6.07, 6.45) is 0.152. The molecule has 1 heterocycles. The predicted molar refractivity (Wildman–Crippen MR) is 56.6 cm³/mol. The van der Waals surface area contributed by atoms with Crippen LogP contribution in [0.5, 0.6) is 0 Å². The standard InChI is InChI=1S/C9H15N5O3/c1-3-17-8(16)5-4-7(15)10-6(2)9-11-13-14-12-9/h6H,3-5H2,1-2H3,(H,10,15)(H,11,12,13,14). The minimum absolute atomic E-state index is 0.0681.